The Morgan fingerprint density at radius 1 is 1.38 bits per heavy atom. The number of benzene rings is 1. The van der Waals surface area contributed by atoms with E-state index in [1.54, 1.807) is 17.9 Å². The van der Waals surface area contributed by atoms with Gasteiger partial charge in [-0.1, -0.05) is 6.07 Å². The van der Waals surface area contributed by atoms with Crippen molar-refractivity contribution in [1.29, 1.82) is 0 Å². The molecule has 2 aromatic rings. The molecule has 1 heterocycles. The molecule has 1 aromatic carbocycles. The highest BCUT2D eigenvalue weighted by Crippen LogP contribution is 2.19. The number of rotatable bonds is 3. The number of nitrogen functional groups attached to an aromatic ring is 1. The Hall–Kier alpha value is -2.01. The van der Waals surface area contributed by atoms with Crippen LogP contribution >= 0.6 is 0 Å². The third-order valence-corrected chi connectivity index (χ3v) is 2.29. The lowest BCUT2D eigenvalue weighted by atomic mass is 10.3. The topological polar surface area (TPSA) is 79.1 Å². The zero-order chi connectivity index (χ0) is 11.5. The standard InChI is InChI=1S/C11H14N4O/c1-16-10-4-2-3-9(6-10)15-11(13)5-8(7-12)14-15/h2-6H,7,12-13H2,1H3. The Balaban J connectivity index is 2.45. The van der Waals surface area contributed by atoms with Crippen LogP contribution in [0.15, 0.2) is 30.3 Å². The number of anilines is 1. The van der Waals surface area contributed by atoms with Crippen molar-refractivity contribution in [2.45, 2.75) is 6.54 Å². The molecule has 4 N–H and O–H groups in total. The second kappa shape index (κ2) is 4.24. The van der Waals surface area contributed by atoms with Gasteiger partial charge in [-0.15, -0.1) is 0 Å². The van der Waals surface area contributed by atoms with E-state index in [9.17, 15) is 0 Å². The molecule has 2 rings (SSSR count). The highest BCUT2D eigenvalue weighted by molar-refractivity contribution is 5.45. The molecule has 0 aliphatic carbocycles. The Morgan fingerprint density at radius 3 is 2.81 bits per heavy atom. The van der Waals surface area contributed by atoms with Crippen molar-refractivity contribution in [3.8, 4) is 11.4 Å². The number of methoxy groups -OCH3 is 1. The first-order chi connectivity index (χ1) is 7.74. The summed E-state index contributed by atoms with van der Waals surface area (Å²) < 4.78 is 6.79. The largest absolute Gasteiger partial charge is 0.497 e. The van der Waals surface area contributed by atoms with Crippen molar-refractivity contribution in [2.75, 3.05) is 12.8 Å². The molecular formula is C11H14N4O. The van der Waals surface area contributed by atoms with Crippen LogP contribution in [0.2, 0.25) is 0 Å². The average Bonchev–Trinajstić information content (AvgIpc) is 2.71. The van der Waals surface area contributed by atoms with Gasteiger partial charge in [-0.25, -0.2) is 4.68 Å². The summed E-state index contributed by atoms with van der Waals surface area (Å²) in [6, 6.07) is 9.29. The van der Waals surface area contributed by atoms with Gasteiger partial charge in [0.25, 0.3) is 0 Å². The highest BCUT2D eigenvalue weighted by Gasteiger charge is 2.06. The van der Waals surface area contributed by atoms with E-state index in [2.05, 4.69) is 5.10 Å². The molecular weight excluding hydrogens is 204 g/mol. The summed E-state index contributed by atoms with van der Waals surface area (Å²) in [5.41, 5.74) is 13.0. The zero-order valence-electron chi connectivity index (χ0n) is 9.05. The third kappa shape index (κ3) is 1.85. The minimum atomic E-state index is 0.376. The minimum Gasteiger partial charge on any atom is -0.497 e. The van der Waals surface area contributed by atoms with Gasteiger partial charge in [-0.2, -0.15) is 5.10 Å². The van der Waals surface area contributed by atoms with Crippen molar-refractivity contribution >= 4 is 5.82 Å². The van der Waals surface area contributed by atoms with Gasteiger partial charge in [-0.3, -0.25) is 0 Å². The van der Waals surface area contributed by atoms with Gasteiger partial charge in [0.2, 0.25) is 0 Å². The zero-order valence-corrected chi connectivity index (χ0v) is 9.05. The molecule has 0 bridgehead atoms. The monoisotopic (exact) mass is 218 g/mol. The van der Waals surface area contributed by atoms with Crippen LogP contribution in [-0.4, -0.2) is 16.9 Å². The van der Waals surface area contributed by atoms with Crippen LogP contribution in [0.5, 0.6) is 5.75 Å². The lowest BCUT2D eigenvalue weighted by molar-refractivity contribution is 0.414. The number of hydrogen-bond donors (Lipinski definition) is 2. The Morgan fingerprint density at radius 2 is 2.19 bits per heavy atom. The van der Waals surface area contributed by atoms with Crippen molar-refractivity contribution in [2.24, 2.45) is 5.73 Å². The van der Waals surface area contributed by atoms with Crippen LogP contribution in [0.1, 0.15) is 5.69 Å². The Bertz CT molecular complexity index is 492. The van der Waals surface area contributed by atoms with Gasteiger partial charge in [0, 0.05) is 18.7 Å². The molecule has 0 spiro atoms. The smallest absolute Gasteiger partial charge is 0.127 e. The molecule has 84 valence electrons. The molecule has 5 heteroatoms. The van der Waals surface area contributed by atoms with Gasteiger partial charge < -0.3 is 16.2 Å². The maximum atomic E-state index is 5.84. The van der Waals surface area contributed by atoms with E-state index < -0.39 is 0 Å². The summed E-state index contributed by atoms with van der Waals surface area (Å²) in [6.07, 6.45) is 0. The first kappa shape index (κ1) is 10.5. The lowest BCUT2D eigenvalue weighted by Gasteiger charge is -2.05. The molecule has 0 radical (unpaired) electrons. The molecule has 0 saturated heterocycles. The number of hydrogen-bond acceptors (Lipinski definition) is 4. The molecule has 0 fully saturated rings. The second-order valence-electron chi connectivity index (χ2n) is 3.38. The summed E-state index contributed by atoms with van der Waals surface area (Å²) in [5, 5.41) is 4.29. The van der Waals surface area contributed by atoms with E-state index in [4.69, 9.17) is 16.2 Å². The number of nitrogens with zero attached hydrogens (tertiary/aromatic N) is 2. The summed E-state index contributed by atoms with van der Waals surface area (Å²) >= 11 is 0. The molecule has 0 amide bonds. The molecule has 16 heavy (non-hydrogen) atoms. The van der Waals surface area contributed by atoms with E-state index in [1.807, 2.05) is 24.3 Å². The summed E-state index contributed by atoms with van der Waals surface area (Å²) in [4.78, 5) is 0. The van der Waals surface area contributed by atoms with Gasteiger partial charge in [0.1, 0.15) is 11.6 Å². The van der Waals surface area contributed by atoms with Crippen molar-refractivity contribution in [1.82, 2.24) is 9.78 Å². The van der Waals surface area contributed by atoms with Crippen molar-refractivity contribution in [3.63, 3.8) is 0 Å². The number of ether oxygens (including phenoxy) is 1. The van der Waals surface area contributed by atoms with Crippen LogP contribution in [0, 0.1) is 0 Å². The second-order valence-corrected chi connectivity index (χ2v) is 3.38. The maximum Gasteiger partial charge on any atom is 0.127 e. The fourth-order valence-corrected chi connectivity index (χ4v) is 1.50. The first-order valence-electron chi connectivity index (χ1n) is 4.93. The van der Waals surface area contributed by atoms with E-state index in [1.165, 1.54) is 0 Å². The molecule has 0 atom stereocenters. The molecule has 5 nitrogen and oxygen atoms in total. The normalized spacial score (nSPS) is 10.4. The lowest BCUT2D eigenvalue weighted by Crippen LogP contribution is -2.03. The van der Waals surface area contributed by atoms with Crippen LogP contribution in [0.25, 0.3) is 5.69 Å². The van der Waals surface area contributed by atoms with Crippen LogP contribution < -0.4 is 16.2 Å². The number of aromatic nitrogens is 2. The average molecular weight is 218 g/mol. The number of nitrogens with two attached hydrogens (primary N) is 2. The maximum absolute atomic E-state index is 5.84. The summed E-state index contributed by atoms with van der Waals surface area (Å²) in [6.45, 7) is 0.376. The minimum absolute atomic E-state index is 0.376. The molecule has 0 saturated carbocycles. The molecule has 0 unspecified atom stereocenters. The Labute approximate surface area is 93.6 Å². The van der Waals surface area contributed by atoms with Crippen LogP contribution in [0.4, 0.5) is 5.82 Å². The summed E-state index contributed by atoms with van der Waals surface area (Å²) in [5.74, 6) is 1.33. The molecule has 1 aromatic heterocycles. The third-order valence-electron chi connectivity index (χ3n) is 2.29. The Kier molecular flexibility index (Phi) is 2.78. The van der Waals surface area contributed by atoms with Crippen LogP contribution in [0.3, 0.4) is 0 Å². The molecule has 0 aliphatic heterocycles. The van der Waals surface area contributed by atoms with Gasteiger partial charge in [0.05, 0.1) is 18.5 Å². The molecule has 0 aliphatic rings. The van der Waals surface area contributed by atoms with E-state index in [0.717, 1.165) is 17.1 Å². The first-order valence-corrected chi connectivity index (χ1v) is 4.93. The predicted octanol–water partition coefficient (Wildman–Crippen LogP) is 0.922. The SMILES string of the molecule is COc1cccc(-n2nc(CN)cc2N)c1. The quantitative estimate of drug-likeness (QED) is 0.803. The van der Waals surface area contributed by atoms with Gasteiger partial charge in [0.15, 0.2) is 0 Å². The van der Waals surface area contributed by atoms with E-state index >= 15 is 0 Å². The van der Waals surface area contributed by atoms with Crippen molar-refractivity contribution < 1.29 is 4.74 Å². The van der Waals surface area contributed by atoms with Gasteiger partial charge >= 0.3 is 0 Å². The van der Waals surface area contributed by atoms with Crippen LogP contribution in [-0.2, 0) is 6.54 Å². The summed E-state index contributed by atoms with van der Waals surface area (Å²) in [7, 11) is 1.62. The van der Waals surface area contributed by atoms with E-state index in [0.29, 0.717) is 12.4 Å². The van der Waals surface area contributed by atoms with E-state index in [-0.39, 0.29) is 0 Å². The fraction of sp³-hybridized carbons (Fsp3) is 0.182. The predicted molar refractivity (Wildman–Crippen MR) is 62.4 cm³/mol. The fourth-order valence-electron chi connectivity index (χ4n) is 1.50. The van der Waals surface area contributed by atoms with Gasteiger partial charge in [-0.05, 0) is 12.1 Å². The van der Waals surface area contributed by atoms with Crippen molar-refractivity contribution in [3.05, 3.63) is 36.0 Å². The highest BCUT2D eigenvalue weighted by atomic mass is 16.5.